The van der Waals surface area contributed by atoms with Crippen molar-refractivity contribution in [3.8, 4) is 0 Å². The molecule has 1 saturated heterocycles. The second-order valence-electron chi connectivity index (χ2n) is 5.21. The highest BCUT2D eigenvalue weighted by atomic mass is 32.1. The first kappa shape index (κ1) is 14.4. The van der Waals surface area contributed by atoms with E-state index in [1.807, 2.05) is 6.92 Å². The molecular formula is C13H21N3O2S. The van der Waals surface area contributed by atoms with Crippen molar-refractivity contribution in [2.24, 2.45) is 0 Å². The second-order valence-corrected chi connectivity index (χ2v) is 6.41. The van der Waals surface area contributed by atoms with Crippen molar-refractivity contribution in [3.05, 3.63) is 15.6 Å². The minimum atomic E-state index is -0.351. The van der Waals surface area contributed by atoms with E-state index in [1.165, 1.54) is 7.11 Å². The number of esters is 1. The molecule has 106 valence electrons. The Morgan fingerprint density at radius 3 is 2.63 bits per heavy atom. The van der Waals surface area contributed by atoms with Gasteiger partial charge in [-0.3, -0.25) is 4.90 Å². The van der Waals surface area contributed by atoms with E-state index in [0.717, 1.165) is 36.1 Å². The zero-order valence-corrected chi connectivity index (χ0v) is 12.8. The molecule has 0 radical (unpaired) electrons. The van der Waals surface area contributed by atoms with Crippen molar-refractivity contribution in [3.63, 3.8) is 0 Å². The van der Waals surface area contributed by atoms with Crippen LogP contribution in [-0.4, -0.2) is 49.1 Å². The van der Waals surface area contributed by atoms with Gasteiger partial charge in [-0.25, -0.2) is 9.78 Å². The number of rotatable bonds is 3. The Balaban J connectivity index is 2.27. The van der Waals surface area contributed by atoms with Crippen molar-refractivity contribution in [1.82, 2.24) is 15.2 Å². The molecule has 0 saturated carbocycles. The van der Waals surface area contributed by atoms with Crippen LogP contribution in [0.4, 0.5) is 0 Å². The molecule has 1 fully saturated rings. The minimum absolute atomic E-state index is 0.149. The highest BCUT2D eigenvalue weighted by Gasteiger charge is 2.34. The van der Waals surface area contributed by atoms with Gasteiger partial charge < -0.3 is 10.1 Å². The maximum Gasteiger partial charge on any atom is 0.357 e. The average molecular weight is 283 g/mol. The second kappa shape index (κ2) is 5.56. The van der Waals surface area contributed by atoms with Crippen molar-refractivity contribution >= 4 is 17.3 Å². The number of nitrogens with zero attached hydrogens (tertiary/aromatic N) is 2. The summed E-state index contributed by atoms with van der Waals surface area (Å²) in [7, 11) is 1.39. The zero-order valence-electron chi connectivity index (χ0n) is 11.9. The van der Waals surface area contributed by atoms with Gasteiger partial charge in [0.1, 0.15) is 5.01 Å². The Hall–Kier alpha value is -0.980. The van der Waals surface area contributed by atoms with Gasteiger partial charge in [-0.2, -0.15) is 0 Å². The van der Waals surface area contributed by atoms with Crippen LogP contribution in [0.1, 0.15) is 34.2 Å². The number of nitrogens with one attached hydrogen (secondary N) is 1. The van der Waals surface area contributed by atoms with Crippen LogP contribution in [0.15, 0.2) is 0 Å². The molecule has 0 aromatic carbocycles. The SMILES string of the molecule is COC(=O)c1nc(C(C)(C)N2CCNCC2)sc1C. The third-order valence-electron chi connectivity index (χ3n) is 3.61. The van der Waals surface area contributed by atoms with Crippen molar-refractivity contribution in [2.75, 3.05) is 33.3 Å². The van der Waals surface area contributed by atoms with Gasteiger partial charge >= 0.3 is 5.97 Å². The Kier molecular flexibility index (Phi) is 4.23. The molecule has 0 spiro atoms. The van der Waals surface area contributed by atoms with Crippen molar-refractivity contribution < 1.29 is 9.53 Å². The summed E-state index contributed by atoms with van der Waals surface area (Å²) < 4.78 is 4.77. The molecule has 1 aliphatic heterocycles. The van der Waals surface area contributed by atoms with Crippen LogP contribution >= 0.6 is 11.3 Å². The van der Waals surface area contributed by atoms with E-state index in [4.69, 9.17) is 4.74 Å². The fourth-order valence-corrected chi connectivity index (χ4v) is 3.33. The van der Waals surface area contributed by atoms with Gasteiger partial charge in [0, 0.05) is 31.1 Å². The molecule has 6 heteroatoms. The number of aryl methyl sites for hydroxylation is 1. The Morgan fingerprint density at radius 2 is 2.05 bits per heavy atom. The van der Waals surface area contributed by atoms with Crippen LogP contribution in [0.25, 0.3) is 0 Å². The van der Waals surface area contributed by atoms with E-state index in [9.17, 15) is 4.79 Å². The summed E-state index contributed by atoms with van der Waals surface area (Å²) in [4.78, 5) is 19.5. The standard InChI is InChI=1S/C13H21N3O2S/c1-9-10(11(17)18-4)15-12(19-9)13(2,3)16-7-5-14-6-8-16/h14H,5-8H2,1-4H3. The Labute approximate surface area is 118 Å². The Morgan fingerprint density at radius 1 is 1.42 bits per heavy atom. The number of piperazine rings is 1. The van der Waals surface area contributed by atoms with E-state index < -0.39 is 0 Å². The maximum absolute atomic E-state index is 11.6. The van der Waals surface area contributed by atoms with Gasteiger partial charge in [0.15, 0.2) is 5.69 Å². The number of thiazole rings is 1. The summed E-state index contributed by atoms with van der Waals surface area (Å²) in [5.41, 5.74) is 0.301. The summed E-state index contributed by atoms with van der Waals surface area (Å²) in [5.74, 6) is -0.351. The number of ether oxygens (including phenoxy) is 1. The van der Waals surface area contributed by atoms with Crippen molar-refractivity contribution in [1.29, 1.82) is 0 Å². The first-order valence-electron chi connectivity index (χ1n) is 6.49. The summed E-state index contributed by atoms with van der Waals surface area (Å²) >= 11 is 1.58. The molecule has 0 unspecified atom stereocenters. The largest absolute Gasteiger partial charge is 0.464 e. The lowest BCUT2D eigenvalue weighted by molar-refractivity contribution is 0.0592. The van der Waals surface area contributed by atoms with E-state index in [-0.39, 0.29) is 11.5 Å². The van der Waals surface area contributed by atoms with Crippen molar-refractivity contribution in [2.45, 2.75) is 26.3 Å². The quantitative estimate of drug-likeness (QED) is 0.849. The molecule has 1 aromatic rings. The fourth-order valence-electron chi connectivity index (χ4n) is 2.30. The lowest BCUT2D eigenvalue weighted by Crippen LogP contribution is -2.51. The van der Waals surface area contributed by atoms with Crippen LogP contribution in [0.2, 0.25) is 0 Å². The van der Waals surface area contributed by atoms with Gasteiger partial charge in [0.25, 0.3) is 0 Å². The molecule has 1 aromatic heterocycles. The van der Waals surface area contributed by atoms with Gasteiger partial charge in [-0.05, 0) is 20.8 Å². The highest BCUT2D eigenvalue weighted by molar-refractivity contribution is 7.12. The van der Waals surface area contributed by atoms with Gasteiger partial charge in [-0.15, -0.1) is 11.3 Å². The molecule has 1 N–H and O–H groups in total. The van der Waals surface area contributed by atoms with Crippen LogP contribution < -0.4 is 5.32 Å². The summed E-state index contributed by atoms with van der Waals surface area (Å²) in [6.45, 7) is 10.2. The minimum Gasteiger partial charge on any atom is -0.464 e. The number of carbonyl (C=O) groups excluding carboxylic acids is 1. The predicted octanol–water partition coefficient (Wildman–Crippen LogP) is 1.38. The molecule has 0 amide bonds. The van der Waals surface area contributed by atoms with Gasteiger partial charge in [0.2, 0.25) is 0 Å². The summed E-state index contributed by atoms with van der Waals surface area (Å²) in [6, 6.07) is 0. The number of carbonyl (C=O) groups is 1. The Bertz CT molecular complexity index is 464. The van der Waals surface area contributed by atoms with E-state index in [1.54, 1.807) is 11.3 Å². The summed E-state index contributed by atoms with van der Waals surface area (Å²) in [5, 5.41) is 4.33. The van der Waals surface area contributed by atoms with Gasteiger partial charge in [0.05, 0.1) is 12.6 Å². The molecule has 5 nitrogen and oxygen atoms in total. The number of hydrogen-bond donors (Lipinski definition) is 1. The number of aromatic nitrogens is 1. The molecule has 19 heavy (non-hydrogen) atoms. The van der Waals surface area contributed by atoms with E-state index >= 15 is 0 Å². The molecular weight excluding hydrogens is 262 g/mol. The molecule has 0 atom stereocenters. The summed E-state index contributed by atoms with van der Waals surface area (Å²) in [6.07, 6.45) is 0. The molecule has 0 bridgehead atoms. The number of methoxy groups -OCH3 is 1. The third-order valence-corrected chi connectivity index (χ3v) is 4.89. The molecule has 2 rings (SSSR count). The predicted molar refractivity (Wildman–Crippen MR) is 75.7 cm³/mol. The van der Waals surface area contributed by atoms with Crippen LogP contribution in [0.3, 0.4) is 0 Å². The fraction of sp³-hybridized carbons (Fsp3) is 0.692. The first-order chi connectivity index (χ1) is 8.96. The lowest BCUT2D eigenvalue weighted by atomic mass is 10.0. The molecule has 1 aliphatic rings. The van der Waals surface area contributed by atoms with Crippen LogP contribution in [0, 0.1) is 6.92 Å². The topological polar surface area (TPSA) is 54.5 Å². The van der Waals surface area contributed by atoms with E-state index in [0.29, 0.717) is 5.69 Å². The highest BCUT2D eigenvalue weighted by Crippen LogP contribution is 2.32. The molecule has 2 heterocycles. The zero-order chi connectivity index (χ0) is 14.0. The monoisotopic (exact) mass is 283 g/mol. The molecule has 0 aliphatic carbocycles. The van der Waals surface area contributed by atoms with E-state index in [2.05, 4.69) is 29.0 Å². The number of hydrogen-bond acceptors (Lipinski definition) is 6. The maximum atomic E-state index is 11.6. The van der Waals surface area contributed by atoms with Crippen LogP contribution in [-0.2, 0) is 10.3 Å². The third kappa shape index (κ3) is 2.80. The van der Waals surface area contributed by atoms with Crippen LogP contribution in [0.5, 0.6) is 0 Å². The average Bonchev–Trinajstić information content (AvgIpc) is 2.81. The smallest absolute Gasteiger partial charge is 0.357 e. The first-order valence-corrected chi connectivity index (χ1v) is 7.30. The van der Waals surface area contributed by atoms with Gasteiger partial charge in [-0.1, -0.05) is 0 Å². The lowest BCUT2D eigenvalue weighted by Gasteiger charge is -2.39. The normalized spacial score (nSPS) is 17.5.